The van der Waals surface area contributed by atoms with E-state index < -0.39 is 0 Å². The van der Waals surface area contributed by atoms with Gasteiger partial charge in [-0.2, -0.15) is 5.26 Å². The van der Waals surface area contributed by atoms with Crippen molar-refractivity contribution in [3.05, 3.63) is 65.2 Å². The average Bonchev–Trinajstić information content (AvgIpc) is 2.53. The molecule has 0 N–H and O–H groups in total. The van der Waals surface area contributed by atoms with Gasteiger partial charge in [-0.15, -0.1) is 0 Å². The van der Waals surface area contributed by atoms with Crippen molar-refractivity contribution in [3.8, 4) is 11.8 Å². The van der Waals surface area contributed by atoms with Crippen LogP contribution in [0.1, 0.15) is 21.5 Å². The SMILES string of the molecule is COC(=O)c1ccc(OCc2ccc(C#N)cc2)cc1. The van der Waals surface area contributed by atoms with E-state index in [1.165, 1.54) is 7.11 Å². The minimum absolute atomic E-state index is 0.372. The Hall–Kier alpha value is -2.80. The van der Waals surface area contributed by atoms with E-state index in [4.69, 9.17) is 10.00 Å². The molecule has 0 atom stereocenters. The van der Waals surface area contributed by atoms with Gasteiger partial charge in [-0.05, 0) is 42.0 Å². The molecule has 0 aliphatic rings. The van der Waals surface area contributed by atoms with Crippen molar-refractivity contribution < 1.29 is 14.3 Å². The maximum absolute atomic E-state index is 11.3. The van der Waals surface area contributed by atoms with Crippen LogP contribution in [-0.4, -0.2) is 13.1 Å². The third kappa shape index (κ3) is 3.36. The molecule has 0 heterocycles. The molecular formula is C16H13NO3. The standard InChI is InChI=1S/C16H13NO3/c1-19-16(18)14-6-8-15(9-7-14)20-11-13-4-2-12(10-17)3-5-13/h2-9H,11H2,1H3. The molecule has 4 heteroatoms. The number of nitriles is 1. The molecule has 0 radical (unpaired) electrons. The van der Waals surface area contributed by atoms with E-state index in [1.54, 1.807) is 36.4 Å². The Morgan fingerprint density at radius 1 is 1.10 bits per heavy atom. The highest BCUT2D eigenvalue weighted by molar-refractivity contribution is 5.89. The molecule has 0 amide bonds. The quantitative estimate of drug-likeness (QED) is 0.799. The molecule has 0 fully saturated rings. The Morgan fingerprint density at radius 3 is 2.30 bits per heavy atom. The van der Waals surface area contributed by atoms with Crippen LogP contribution in [0.2, 0.25) is 0 Å². The highest BCUT2D eigenvalue weighted by Gasteiger charge is 2.04. The van der Waals surface area contributed by atoms with Gasteiger partial charge < -0.3 is 9.47 Å². The van der Waals surface area contributed by atoms with Gasteiger partial charge in [0.1, 0.15) is 12.4 Å². The largest absolute Gasteiger partial charge is 0.489 e. The number of nitrogens with zero attached hydrogens (tertiary/aromatic N) is 1. The Bertz CT molecular complexity index is 624. The maximum Gasteiger partial charge on any atom is 0.337 e. The van der Waals surface area contributed by atoms with Crippen LogP contribution in [-0.2, 0) is 11.3 Å². The fourth-order valence-electron chi connectivity index (χ4n) is 1.65. The normalized spacial score (nSPS) is 9.60. The number of methoxy groups -OCH3 is 1. The topological polar surface area (TPSA) is 59.3 Å². The van der Waals surface area contributed by atoms with Crippen LogP contribution in [0.4, 0.5) is 0 Å². The predicted molar refractivity (Wildman–Crippen MR) is 73.3 cm³/mol. The molecule has 0 bridgehead atoms. The summed E-state index contributed by atoms with van der Waals surface area (Å²) in [5.74, 6) is 0.297. The molecule has 0 saturated carbocycles. The first-order valence-electron chi connectivity index (χ1n) is 6.03. The second-order valence-electron chi connectivity index (χ2n) is 4.11. The van der Waals surface area contributed by atoms with Crippen LogP contribution in [0.15, 0.2) is 48.5 Å². The van der Waals surface area contributed by atoms with Gasteiger partial charge in [0, 0.05) is 0 Å². The first kappa shape index (κ1) is 13.6. The fraction of sp³-hybridized carbons (Fsp3) is 0.125. The summed E-state index contributed by atoms with van der Waals surface area (Å²) in [6.45, 7) is 0.406. The third-order valence-electron chi connectivity index (χ3n) is 2.76. The first-order valence-corrected chi connectivity index (χ1v) is 6.03. The molecule has 2 aromatic rings. The summed E-state index contributed by atoms with van der Waals surface area (Å²) in [7, 11) is 1.34. The Labute approximate surface area is 117 Å². The lowest BCUT2D eigenvalue weighted by Gasteiger charge is -2.07. The van der Waals surface area contributed by atoms with Crippen molar-refractivity contribution in [2.45, 2.75) is 6.61 Å². The van der Waals surface area contributed by atoms with E-state index in [-0.39, 0.29) is 5.97 Å². The highest BCUT2D eigenvalue weighted by atomic mass is 16.5. The van der Waals surface area contributed by atoms with Crippen LogP contribution in [0.5, 0.6) is 5.75 Å². The van der Waals surface area contributed by atoms with Crippen LogP contribution in [0.25, 0.3) is 0 Å². The minimum Gasteiger partial charge on any atom is -0.489 e. The lowest BCUT2D eigenvalue weighted by molar-refractivity contribution is 0.0600. The molecule has 0 aliphatic carbocycles. The van der Waals surface area contributed by atoms with Gasteiger partial charge in [0.05, 0.1) is 24.3 Å². The minimum atomic E-state index is -0.372. The summed E-state index contributed by atoms with van der Waals surface area (Å²) >= 11 is 0. The molecule has 100 valence electrons. The Kier molecular flexibility index (Phi) is 4.35. The van der Waals surface area contributed by atoms with Gasteiger partial charge in [0.25, 0.3) is 0 Å². The Morgan fingerprint density at radius 2 is 1.75 bits per heavy atom. The van der Waals surface area contributed by atoms with Gasteiger partial charge in [-0.3, -0.25) is 0 Å². The molecule has 2 aromatic carbocycles. The van der Waals surface area contributed by atoms with Gasteiger partial charge in [-0.25, -0.2) is 4.79 Å². The zero-order valence-electron chi connectivity index (χ0n) is 11.0. The summed E-state index contributed by atoms with van der Waals surface area (Å²) in [6.07, 6.45) is 0. The predicted octanol–water partition coefficient (Wildman–Crippen LogP) is 2.92. The van der Waals surface area contributed by atoms with Gasteiger partial charge in [-0.1, -0.05) is 12.1 Å². The van der Waals surface area contributed by atoms with Crippen molar-refractivity contribution in [2.24, 2.45) is 0 Å². The second-order valence-corrected chi connectivity index (χ2v) is 4.11. The van der Waals surface area contributed by atoms with Crippen molar-refractivity contribution in [1.29, 1.82) is 5.26 Å². The number of esters is 1. The maximum atomic E-state index is 11.3. The van der Waals surface area contributed by atoms with E-state index >= 15 is 0 Å². The molecule has 0 spiro atoms. The zero-order chi connectivity index (χ0) is 14.4. The summed E-state index contributed by atoms with van der Waals surface area (Å²) in [6, 6.07) is 16.0. The van der Waals surface area contributed by atoms with Crippen molar-refractivity contribution >= 4 is 5.97 Å². The van der Waals surface area contributed by atoms with Crippen molar-refractivity contribution in [3.63, 3.8) is 0 Å². The lowest BCUT2D eigenvalue weighted by atomic mass is 10.1. The number of benzene rings is 2. The Balaban J connectivity index is 1.96. The number of hydrogen-bond acceptors (Lipinski definition) is 4. The van der Waals surface area contributed by atoms with E-state index in [0.29, 0.717) is 23.5 Å². The third-order valence-corrected chi connectivity index (χ3v) is 2.76. The van der Waals surface area contributed by atoms with Crippen LogP contribution < -0.4 is 4.74 Å². The smallest absolute Gasteiger partial charge is 0.337 e. The number of carbonyl (C=O) groups is 1. The van der Waals surface area contributed by atoms with E-state index in [2.05, 4.69) is 10.8 Å². The number of carbonyl (C=O) groups excluding carboxylic acids is 1. The van der Waals surface area contributed by atoms with Gasteiger partial charge in [0.15, 0.2) is 0 Å². The average molecular weight is 267 g/mol. The van der Waals surface area contributed by atoms with Crippen LogP contribution in [0, 0.1) is 11.3 Å². The van der Waals surface area contributed by atoms with Gasteiger partial charge in [0.2, 0.25) is 0 Å². The van der Waals surface area contributed by atoms with E-state index in [0.717, 1.165) is 5.56 Å². The van der Waals surface area contributed by atoms with Gasteiger partial charge >= 0.3 is 5.97 Å². The summed E-state index contributed by atoms with van der Waals surface area (Å²) in [4.78, 5) is 11.3. The molecule has 0 aromatic heterocycles. The van der Waals surface area contributed by atoms with Crippen molar-refractivity contribution in [2.75, 3.05) is 7.11 Å². The van der Waals surface area contributed by atoms with Crippen LogP contribution >= 0.6 is 0 Å². The summed E-state index contributed by atoms with van der Waals surface area (Å²) in [5.41, 5.74) is 2.08. The molecule has 2 rings (SSSR count). The van der Waals surface area contributed by atoms with E-state index in [9.17, 15) is 4.79 Å². The molecule has 4 nitrogen and oxygen atoms in total. The monoisotopic (exact) mass is 267 g/mol. The number of hydrogen-bond donors (Lipinski definition) is 0. The molecule has 0 unspecified atom stereocenters. The van der Waals surface area contributed by atoms with E-state index in [1.807, 2.05) is 12.1 Å². The number of ether oxygens (including phenoxy) is 2. The zero-order valence-corrected chi connectivity index (χ0v) is 11.0. The number of rotatable bonds is 4. The second kappa shape index (κ2) is 6.39. The molecule has 0 aliphatic heterocycles. The lowest BCUT2D eigenvalue weighted by Crippen LogP contribution is -2.01. The first-order chi connectivity index (χ1) is 9.72. The summed E-state index contributed by atoms with van der Waals surface area (Å²) < 4.78 is 10.2. The molecule has 20 heavy (non-hydrogen) atoms. The van der Waals surface area contributed by atoms with Crippen LogP contribution in [0.3, 0.4) is 0 Å². The van der Waals surface area contributed by atoms with Crippen molar-refractivity contribution in [1.82, 2.24) is 0 Å². The summed E-state index contributed by atoms with van der Waals surface area (Å²) in [5, 5.41) is 8.71. The fourth-order valence-corrected chi connectivity index (χ4v) is 1.65. The highest BCUT2D eigenvalue weighted by Crippen LogP contribution is 2.15. The molecule has 0 saturated heterocycles. The molecular weight excluding hydrogens is 254 g/mol.